The Kier molecular flexibility index (Phi) is 3.62. The van der Waals surface area contributed by atoms with Crippen molar-refractivity contribution in [2.24, 2.45) is 0 Å². The van der Waals surface area contributed by atoms with Crippen molar-refractivity contribution in [1.82, 2.24) is 9.97 Å². The van der Waals surface area contributed by atoms with E-state index in [9.17, 15) is 4.79 Å². The SMILES string of the molecule is CCN(Cc1ccc(N)cc1)c1ncc[nH]c1=O. The van der Waals surface area contributed by atoms with Crippen LogP contribution in [0.25, 0.3) is 0 Å². The van der Waals surface area contributed by atoms with E-state index in [4.69, 9.17) is 5.73 Å². The molecule has 0 saturated carbocycles. The van der Waals surface area contributed by atoms with Crippen LogP contribution in [-0.2, 0) is 6.54 Å². The van der Waals surface area contributed by atoms with Gasteiger partial charge in [0.05, 0.1) is 0 Å². The van der Waals surface area contributed by atoms with Crippen LogP contribution in [0.4, 0.5) is 11.5 Å². The van der Waals surface area contributed by atoms with Crippen molar-refractivity contribution in [3.63, 3.8) is 0 Å². The highest BCUT2D eigenvalue weighted by atomic mass is 16.1. The Bertz CT molecular complexity index is 562. The van der Waals surface area contributed by atoms with Crippen molar-refractivity contribution in [2.45, 2.75) is 13.5 Å². The van der Waals surface area contributed by atoms with Crippen LogP contribution in [0.1, 0.15) is 12.5 Å². The number of aromatic nitrogens is 2. The summed E-state index contributed by atoms with van der Waals surface area (Å²) in [5.41, 5.74) is 7.30. The monoisotopic (exact) mass is 244 g/mol. The maximum Gasteiger partial charge on any atom is 0.290 e. The third-order valence-electron chi connectivity index (χ3n) is 2.72. The molecule has 3 N–H and O–H groups in total. The number of rotatable bonds is 4. The van der Waals surface area contributed by atoms with E-state index in [2.05, 4.69) is 9.97 Å². The summed E-state index contributed by atoms with van der Waals surface area (Å²) in [4.78, 5) is 20.4. The third kappa shape index (κ3) is 2.68. The van der Waals surface area contributed by atoms with Crippen LogP contribution in [0.2, 0.25) is 0 Å². The first kappa shape index (κ1) is 12.2. The molecule has 0 bridgehead atoms. The molecule has 18 heavy (non-hydrogen) atoms. The van der Waals surface area contributed by atoms with E-state index >= 15 is 0 Å². The van der Waals surface area contributed by atoms with Crippen molar-refractivity contribution < 1.29 is 0 Å². The van der Waals surface area contributed by atoms with Gasteiger partial charge in [0.2, 0.25) is 0 Å². The summed E-state index contributed by atoms with van der Waals surface area (Å²) in [5, 5.41) is 0. The lowest BCUT2D eigenvalue weighted by molar-refractivity contribution is 0.802. The number of nitrogens with zero attached hydrogens (tertiary/aromatic N) is 2. The second kappa shape index (κ2) is 5.35. The Morgan fingerprint density at radius 2 is 2.06 bits per heavy atom. The van der Waals surface area contributed by atoms with E-state index in [1.807, 2.05) is 36.1 Å². The highest BCUT2D eigenvalue weighted by Crippen LogP contribution is 2.11. The molecular formula is C13H16N4O. The molecular weight excluding hydrogens is 228 g/mol. The Morgan fingerprint density at radius 1 is 1.33 bits per heavy atom. The summed E-state index contributed by atoms with van der Waals surface area (Å²) in [7, 11) is 0. The van der Waals surface area contributed by atoms with Gasteiger partial charge in [0.25, 0.3) is 5.56 Å². The fourth-order valence-electron chi connectivity index (χ4n) is 1.75. The van der Waals surface area contributed by atoms with Crippen molar-refractivity contribution in [1.29, 1.82) is 0 Å². The number of hydrogen-bond acceptors (Lipinski definition) is 4. The predicted octanol–water partition coefficient (Wildman–Crippen LogP) is 1.38. The van der Waals surface area contributed by atoms with Crippen LogP contribution >= 0.6 is 0 Å². The smallest absolute Gasteiger partial charge is 0.290 e. The third-order valence-corrected chi connectivity index (χ3v) is 2.72. The Balaban J connectivity index is 2.22. The van der Waals surface area contributed by atoms with Crippen LogP contribution in [0.15, 0.2) is 41.5 Å². The minimum absolute atomic E-state index is 0.171. The second-order valence-electron chi connectivity index (χ2n) is 4.00. The number of hydrogen-bond donors (Lipinski definition) is 2. The highest BCUT2D eigenvalue weighted by Gasteiger charge is 2.10. The van der Waals surface area contributed by atoms with Gasteiger partial charge < -0.3 is 15.6 Å². The lowest BCUT2D eigenvalue weighted by atomic mass is 10.2. The minimum Gasteiger partial charge on any atom is -0.399 e. The number of H-pyrrole nitrogens is 1. The fourth-order valence-corrected chi connectivity index (χ4v) is 1.75. The summed E-state index contributed by atoms with van der Waals surface area (Å²) in [6.07, 6.45) is 3.12. The maximum atomic E-state index is 11.7. The second-order valence-corrected chi connectivity index (χ2v) is 4.00. The van der Waals surface area contributed by atoms with Gasteiger partial charge in [-0.1, -0.05) is 12.1 Å². The molecule has 0 saturated heterocycles. The van der Waals surface area contributed by atoms with Crippen LogP contribution < -0.4 is 16.2 Å². The summed E-state index contributed by atoms with van der Waals surface area (Å²) in [6, 6.07) is 7.61. The van der Waals surface area contributed by atoms with E-state index < -0.39 is 0 Å². The quantitative estimate of drug-likeness (QED) is 0.797. The van der Waals surface area contributed by atoms with Crippen molar-refractivity contribution in [3.05, 3.63) is 52.6 Å². The molecule has 0 atom stereocenters. The molecule has 0 fully saturated rings. The molecule has 1 aromatic carbocycles. The van der Waals surface area contributed by atoms with Crippen LogP contribution in [0, 0.1) is 0 Å². The molecule has 0 spiro atoms. The number of benzene rings is 1. The van der Waals surface area contributed by atoms with Gasteiger partial charge in [-0.3, -0.25) is 4.79 Å². The zero-order chi connectivity index (χ0) is 13.0. The average molecular weight is 244 g/mol. The van der Waals surface area contributed by atoms with E-state index in [0.717, 1.165) is 11.3 Å². The largest absolute Gasteiger partial charge is 0.399 e. The summed E-state index contributed by atoms with van der Waals surface area (Å²) < 4.78 is 0. The normalized spacial score (nSPS) is 10.3. The first-order valence-corrected chi connectivity index (χ1v) is 5.83. The Morgan fingerprint density at radius 3 is 2.67 bits per heavy atom. The summed E-state index contributed by atoms with van der Waals surface area (Å²) >= 11 is 0. The number of aromatic amines is 1. The lowest BCUT2D eigenvalue weighted by Crippen LogP contribution is -2.29. The molecule has 5 nitrogen and oxygen atoms in total. The number of nitrogen functional groups attached to an aromatic ring is 1. The van der Waals surface area contributed by atoms with E-state index in [1.54, 1.807) is 6.20 Å². The van der Waals surface area contributed by atoms with Crippen molar-refractivity contribution in [3.8, 4) is 0 Å². The standard InChI is InChI=1S/C13H16N4O/c1-2-17(12-13(18)16-8-7-15-12)9-10-3-5-11(14)6-4-10/h3-8H,2,9,14H2,1H3,(H,16,18). The number of anilines is 2. The average Bonchev–Trinajstić information content (AvgIpc) is 2.39. The molecule has 2 aromatic rings. The zero-order valence-corrected chi connectivity index (χ0v) is 10.3. The number of nitrogens with one attached hydrogen (secondary N) is 1. The molecule has 0 unspecified atom stereocenters. The molecule has 0 aliphatic carbocycles. The van der Waals surface area contributed by atoms with Crippen LogP contribution in [-0.4, -0.2) is 16.5 Å². The zero-order valence-electron chi connectivity index (χ0n) is 10.3. The molecule has 0 amide bonds. The predicted molar refractivity (Wildman–Crippen MR) is 72.4 cm³/mol. The van der Waals surface area contributed by atoms with Gasteiger partial charge in [-0.25, -0.2) is 4.98 Å². The van der Waals surface area contributed by atoms with Gasteiger partial charge >= 0.3 is 0 Å². The van der Waals surface area contributed by atoms with Gasteiger partial charge in [0.15, 0.2) is 5.82 Å². The molecule has 0 aliphatic heterocycles. The first-order chi connectivity index (χ1) is 8.70. The van der Waals surface area contributed by atoms with Crippen molar-refractivity contribution >= 4 is 11.5 Å². The lowest BCUT2D eigenvalue weighted by Gasteiger charge is -2.20. The van der Waals surface area contributed by atoms with Gasteiger partial charge in [0, 0.05) is 31.2 Å². The first-order valence-electron chi connectivity index (χ1n) is 5.83. The topological polar surface area (TPSA) is 75.0 Å². The highest BCUT2D eigenvalue weighted by molar-refractivity contribution is 5.42. The molecule has 0 aliphatic rings. The fraction of sp³-hybridized carbons (Fsp3) is 0.231. The Labute approximate surface area is 105 Å². The Hall–Kier alpha value is -2.30. The molecule has 0 radical (unpaired) electrons. The van der Waals surface area contributed by atoms with E-state index in [-0.39, 0.29) is 5.56 Å². The summed E-state index contributed by atoms with van der Waals surface area (Å²) in [5.74, 6) is 0.442. The number of nitrogens with two attached hydrogens (primary N) is 1. The molecule has 1 aromatic heterocycles. The molecule has 5 heteroatoms. The van der Waals surface area contributed by atoms with Gasteiger partial charge in [-0.05, 0) is 24.6 Å². The van der Waals surface area contributed by atoms with Crippen LogP contribution in [0.3, 0.4) is 0 Å². The van der Waals surface area contributed by atoms with E-state index in [1.165, 1.54) is 6.20 Å². The van der Waals surface area contributed by atoms with Gasteiger partial charge in [0.1, 0.15) is 0 Å². The maximum absolute atomic E-state index is 11.7. The van der Waals surface area contributed by atoms with Gasteiger partial charge in [-0.2, -0.15) is 0 Å². The van der Waals surface area contributed by atoms with Crippen molar-refractivity contribution in [2.75, 3.05) is 17.2 Å². The molecule has 94 valence electrons. The molecule has 1 heterocycles. The minimum atomic E-state index is -0.171. The van der Waals surface area contributed by atoms with Gasteiger partial charge in [-0.15, -0.1) is 0 Å². The van der Waals surface area contributed by atoms with Crippen LogP contribution in [0.5, 0.6) is 0 Å². The molecule has 2 rings (SSSR count). The van der Waals surface area contributed by atoms with E-state index in [0.29, 0.717) is 18.9 Å². The summed E-state index contributed by atoms with van der Waals surface area (Å²) in [6.45, 7) is 3.34.